The van der Waals surface area contributed by atoms with Crippen molar-refractivity contribution >= 4 is 27.5 Å². The maximum absolute atomic E-state index is 12.0. The average Bonchev–Trinajstić information content (AvgIpc) is 2.50. The number of amides is 1. The number of benzene rings is 2. The Balaban J connectivity index is 1.95. The predicted molar refractivity (Wildman–Crippen MR) is 84.0 cm³/mol. The van der Waals surface area contributed by atoms with Gasteiger partial charge in [0.2, 0.25) is 0 Å². The van der Waals surface area contributed by atoms with Crippen LogP contribution in [0.1, 0.15) is 12.5 Å². The van der Waals surface area contributed by atoms with Gasteiger partial charge in [0.25, 0.3) is 5.91 Å². The zero-order valence-electron chi connectivity index (χ0n) is 11.3. The second kappa shape index (κ2) is 6.91. The summed E-state index contributed by atoms with van der Waals surface area (Å²) in [6.45, 7) is 1.68. The van der Waals surface area contributed by atoms with E-state index in [4.69, 9.17) is 10.00 Å². The quantitative estimate of drug-likeness (QED) is 0.919. The topological polar surface area (TPSA) is 62.1 Å². The molecule has 0 aliphatic heterocycles. The lowest BCUT2D eigenvalue weighted by atomic mass is 10.2. The van der Waals surface area contributed by atoms with Crippen molar-refractivity contribution in [3.63, 3.8) is 0 Å². The fourth-order valence-electron chi connectivity index (χ4n) is 1.64. The van der Waals surface area contributed by atoms with Crippen molar-refractivity contribution in [3.05, 3.63) is 58.6 Å². The molecule has 0 bridgehead atoms. The maximum atomic E-state index is 12.0. The standard InChI is InChI=1S/C16H13BrN2O2/c1-11(21-15-8-4-13(17)5-9-15)16(20)19-14-6-2-12(10-18)3-7-14/h2-9,11H,1H3,(H,19,20)/t11-/m1/s1. The Bertz CT molecular complexity index is 660. The molecule has 0 spiro atoms. The van der Waals surface area contributed by atoms with Crippen LogP contribution in [0.2, 0.25) is 0 Å². The molecule has 4 nitrogen and oxygen atoms in total. The molecular formula is C16H13BrN2O2. The highest BCUT2D eigenvalue weighted by Crippen LogP contribution is 2.18. The summed E-state index contributed by atoms with van der Waals surface area (Å²) in [5, 5.41) is 11.5. The molecule has 5 heteroatoms. The number of hydrogen-bond acceptors (Lipinski definition) is 3. The summed E-state index contributed by atoms with van der Waals surface area (Å²) in [5.41, 5.74) is 1.18. The van der Waals surface area contributed by atoms with E-state index < -0.39 is 6.10 Å². The Morgan fingerprint density at radius 2 is 1.81 bits per heavy atom. The molecule has 106 valence electrons. The van der Waals surface area contributed by atoms with Crippen LogP contribution in [0.25, 0.3) is 0 Å². The molecule has 1 amide bonds. The Labute approximate surface area is 131 Å². The smallest absolute Gasteiger partial charge is 0.265 e. The first-order valence-corrected chi connectivity index (χ1v) is 7.11. The van der Waals surface area contributed by atoms with Crippen molar-refractivity contribution in [1.82, 2.24) is 0 Å². The number of nitriles is 1. The van der Waals surface area contributed by atoms with Crippen LogP contribution in [0.3, 0.4) is 0 Å². The molecule has 1 N–H and O–H groups in total. The predicted octanol–water partition coefficient (Wildman–Crippen LogP) is 3.73. The Hall–Kier alpha value is -2.32. The van der Waals surface area contributed by atoms with Crippen LogP contribution in [0.4, 0.5) is 5.69 Å². The third-order valence-corrected chi connectivity index (χ3v) is 3.31. The molecule has 0 saturated carbocycles. The minimum Gasteiger partial charge on any atom is -0.481 e. The van der Waals surface area contributed by atoms with Gasteiger partial charge in [-0.15, -0.1) is 0 Å². The second-order valence-electron chi connectivity index (χ2n) is 4.39. The molecule has 0 saturated heterocycles. The number of ether oxygens (including phenoxy) is 1. The highest BCUT2D eigenvalue weighted by atomic mass is 79.9. The molecule has 0 unspecified atom stereocenters. The van der Waals surface area contributed by atoms with Crippen molar-refractivity contribution in [1.29, 1.82) is 5.26 Å². The second-order valence-corrected chi connectivity index (χ2v) is 5.31. The lowest BCUT2D eigenvalue weighted by Crippen LogP contribution is -2.30. The van der Waals surface area contributed by atoms with Gasteiger partial charge in [-0.1, -0.05) is 15.9 Å². The molecule has 21 heavy (non-hydrogen) atoms. The van der Waals surface area contributed by atoms with Gasteiger partial charge in [-0.05, 0) is 55.5 Å². The summed E-state index contributed by atoms with van der Waals surface area (Å²) in [4.78, 5) is 12.0. The molecule has 0 heterocycles. The third-order valence-electron chi connectivity index (χ3n) is 2.78. The molecule has 2 aromatic rings. The molecule has 0 aliphatic rings. The Kier molecular flexibility index (Phi) is 4.96. The van der Waals surface area contributed by atoms with E-state index in [9.17, 15) is 4.79 Å². The van der Waals surface area contributed by atoms with Crippen molar-refractivity contribution in [2.24, 2.45) is 0 Å². The Morgan fingerprint density at radius 1 is 1.19 bits per heavy atom. The average molecular weight is 345 g/mol. The van der Waals surface area contributed by atoms with E-state index in [1.807, 2.05) is 18.2 Å². The van der Waals surface area contributed by atoms with Crippen LogP contribution in [0.5, 0.6) is 5.75 Å². The van der Waals surface area contributed by atoms with Gasteiger partial charge < -0.3 is 10.1 Å². The van der Waals surface area contributed by atoms with Gasteiger partial charge in [-0.25, -0.2) is 0 Å². The molecule has 0 radical (unpaired) electrons. The minimum absolute atomic E-state index is 0.248. The van der Waals surface area contributed by atoms with E-state index in [-0.39, 0.29) is 5.91 Å². The molecule has 0 aromatic heterocycles. The zero-order valence-corrected chi connectivity index (χ0v) is 12.9. The normalized spacial score (nSPS) is 11.3. The van der Waals surface area contributed by atoms with Crippen LogP contribution in [-0.4, -0.2) is 12.0 Å². The number of anilines is 1. The fraction of sp³-hybridized carbons (Fsp3) is 0.125. The summed E-state index contributed by atoms with van der Waals surface area (Å²) < 4.78 is 6.51. The van der Waals surface area contributed by atoms with Gasteiger partial charge in [0.15, 0.2) is 6.10 Å². The van der Waals surface area contributed by atoms with E-state index in [1.54, 1.807) is 43.3 Å². The maximum Gasteiger partial charge on any atom is 0.265 e. The largest absolute Gasteiger partial charge is 0.481 e. The molecule has 0 aliphatic carbocycles. The summed E-state index contributed by atoms with van der Waals surface area (Å²) in [6.07, 6.45) is -0.623. The highest BCUT2D eigenvalue weighted by Gasteiger charge is 2.14. The summed E-state index contributed by atoms with van der Waals surface area (Å²) in [5.74, 6) is 0.378. The van der Waals surface area contributed by atoms with Crippen LogP contribution in [0, 0.1) is 11.3 Å². The van der Waals surface area contributed by atoms with Gasteiger partial charge in [0, 0.05) is 10.2 Å². The first kappa shape index (κ1) is 15.1. The number of carbonyl (C=O) groups excluding carboxylic acids is 1. The zero-order chi connectivity index (χ0) is 15.2. The van der Waals surface area contributed by atoms with E-state index in [1.165, 1.54) is 0 Å². The van der Waals surface area contributed by atoms with Crippen molar-refractivity contribution in [2.45, 2.75) is 13.0 Å². The molecule has 2 rings (SSSR count). The molecule has 0 fully saturated rings. The van der Waals surface area contributed by atoms with E-state index in [0.29, 0.717) is 17.0 Å². The van der Waals surface area contributed by atoms with Gasteiger partial charge in [-0.2, -0.15) is 5.26 Å². The van der Waals surface area contributed by atoms with Gasteiger partial charge >= 0.3 is 0 Å². The van der Waals surface area contributed by atoms with Crippen LogP contribution in [-0.2, 0) is 4.79 Å². The highest BCUT2D eigenvalue weighted by molar-refractivity contribution is 9.10. The van der Waals surface area contributed by atoms with Crippen molar-refractivity contribution in [3.8, 4) is 11.8 Å². The fourth-order valence-corrected chi connectivity index (χ4v) is 1.91. The van der Waals surface area contributed by atoms with E-state index in [0.717, 1.165) is 4.47 Å². The molecule has 1 atom stereocenters. The summed E-state index contributed by atoms with van der Waals surface area (Å²) in [7, 11) is 0. The number of rotatable bonds is 4. The minimum atomic E-state index is -0.623. The SMILES string of the molecule is C[C@@H](Oc1ccc(Br)cc1)C(=O)Nc1ccc(C#N)cc1. The number of nitrogens with zero attached hydrogens (tertiary/aromatic N) is 1. The van der Waals surface area contributed by atoms with E-state index in [2.05, 4.69) is 21.2 Å². The summed E-state index contributed by atoms with van der Waals surface area (Å²) >= 11 is 3.34. The van der Waals surface area contributed by atoms with Gasteiger partial charge in [-0.3, -0.25) is 4.79 Å². The first-order valence-electron chi connectivity index (χ1n) is 6.32. The van der Waals surface area contributed by atoms with Crippen LogP contribution >= 0.6 is 15.9 Å². The number of halogens is 1. The Morgan fingerprint density at radius 3 is 2.38 bits per heavy atom. The van der Waals surface area contributed by atoms with Gasteiger partial charge in [0.1, 0.15) is 5.75 Å². The molecular weight excluding hydrogens is 332 g/mol. The van der Waals surface area contributed by atoms with E-state index >= 15 is 0 Å². The monoisotopic (exact) mass is 344 g/mol. The number of carbonyl (C=O) groups is 1. The number of hydrogen-bond donors (Lipinski definition) is 1. The van der Waals surface area contributed by atoms with Crippen molar-refractivity contribution in [2.75, 3.05) is 5.32 Å². The third kappa shape index (κ3) is 4.33. The first-order chi connectivity index (χ1) is 10.1. The lowest BCUT2D eigenvalue weighted by Gasteiger charge is -2.14. The van der Waals surface area contributed by atoms with Gasteiger partial charge in [0.05, 0.1) is 11.6 Å². The molecule has 2 aromatic carbocycles. The lowest BCUT2D eigenvalue weighted by molar-refractivity contribution is -0.122. The van der Waals surface area contributed by atoms with Crippen LogP contribution < -0.4 is 10.1 Å². The summed E-state index contributed by atoms with van der Waals surface area (Å²) in [6, 6.07) is 16.0. The number of nitrogens with one attached hydrogen (secondary N) is 1. The van der Waals surface area contributed by atoms with Crippen molar-refractivity contribution < 1.29 is 9.53 Å². The van der Waals surface area contributed by atoms with Crippen LogP contribution in [0.15, 0.2) is 53.0 Å².